The molecule has 0 aliphatic carbocycles. The van der Waals surface area contributed by atoms with Crippen molar-refractivity contribution in [2.75, 3.05) is 0 Å². The van der Waals surface area contributed by atoms with E-state index in [0.29, 0.717) is 12.2 Å². The SMILES string of the molecule is CCCCCCCCCc1ccc(-c2ccc(OC(=O)C(C)(C#N)CCCC)cc2)nc1. The monoisotopic (exact) mass is 434 g/mol. The van der Waals surface area contributed by atoms with Crippen LogP contribution in [0.25, 0.3) is 11.3 Å². The Morgan fingerprint density at radius 1 is 0.938 bits per heavy atom. The number of unbranched alkanes of at least 4 members (excludes halogenated alkanes) is 7. The molecule has 1 aromatic heterocycles. The first-order valence-corrected chi connectivity index (χ1v) is 12.2. The smallest absolute Gasteiger partial charge is 0.331 e. The van der Waals surface area contributed by atoms with Gasteiger partial charge in [0.1, 0.15) is 5.75 Å². The van der Waals surface area contributed by atoms with E-state index in [0.717, 1.165) is 30.5 Å². The number of hydrogen-bond donors (Lipinski definition) is 0. The van der Waals surface area contributed by atoms with Crippen molar-refractivity contribution in [1.29, 1.82) is 5.26 Å². The standard InChI is InChI=1S/C28H38N2O2/c1-4-6-8-9-10-11-12-13-23-14-19-26(30-21-23)24-15-17-25(18-16-24)32-27(31)28(3,22-29)20-7-5-2/h14-19,21H,4-13,20H2,1-3H3. The van der Waals surface area contributed by atoms with Crippen LogP contribution >= 0.6 is 0 Å². The molecule has 0 radical (unpaired) electrons. The number of esters is 1. The van der Waals surface area contributed by atoms with Crippen molar-refractivity contribution >= 4 is 5.97 Å². The van der Waals surface area contributed by atoms with E-state index >= 15 is 0 Å². The highest BCUT2D eigenvalue weighted by Crippen LogP contribution is 2.27. The molecule has 0 spiro atoms. The fraction of sp³-hybridized carbons (Fsp3) is 0.536. The number of benzene rings is 1. The molecule has 0 saturated carbocycles. The zero-order chi connectivity index (χ0) is 23.2. The molecule has 4 heteroatoms. The molecule has 1 atom stereocenters. The Morgan fingerprint density at radius 3 is 2.19 bits per heavy atom. The van der Waals surface area contributed by atoms with Crippen molar-refractivity contribution in [3.05, 3.63) is 48.2 Å². The molecule has 4 nitrogen and oxygen atoms in total. The first-order chi connectivity index (χ1) is 15.5. The summed E-state index contributed by atoms with van der Waals surface area (Å²) in [6, 6.07) is 13.6. The molecular formula is C28H38N2O2. The highest BCUT2D eigenvalue weighted by Gasteiger charge is 2.34. The zero-order valence-electron chi connectivity index (χ0n) is 20.0. The molecule has 2 rings (SSSR count). The molecule has 1 aromatic carbocycles. The van der Waals surface area contributed by atoms with Gasteiger partial charge >= 0.3 is 5.97 Å². The number of carbonyl (C=O) groups excluding carboxylic acids is 1. The average Bonchev–Trinajstić information content (AvgIpc) is 2.83. The van der Waals surface area contributed by atoms with E-state index in [1.54, 1.807) is 19.1 Å². The summed E-state index contributed by atoms with van der Waals surface area (Å²) in [6.45, 7) is 5.94. The zero-order valence-corrected chi connectivity index (χ0v) is 20.0. The Kier molecular flexibility index (Phi) is 10.9. The second-order valence-electron chi connectivity index (χ2n) is 8.88. The van der Waals surface area contributed by atoms with Crippen molar-refractivity contribution < 1.29 is 9.53 Å². The minimum Gasteiger partial charge on any atom is -0.425 e. The molecule has 0 saturated heterocycles. The van der Waals surface area contributed by atoms with Crippen molar-refractivity contribution in [2.24, 2.45) is 5.41 Å². The van der Waals surface area contributed by atoms with E-state index < -0.39 is 11.4 Å². The van der Waals surface area contributed by atoms with Gasteiger partial charge in [-0.3, -0.25) is 4.98 Å². The third-order valence-corrected chi connectivity index (χ3v) is 5.98. The Balaban J connectivity index is 1.86. The molecule has 1 unspecified atom stereocenters. The Hall–Kier alpha value is -2.67. The minimum atomic E-state index is -1.11. The summed E-state index contributed by atoms with van der Waals surface area (Å²) in [7, 11) is 0. The number of nitrogens with zero attached hydrogens (tertiary/aromatic N) is 2. The van der Waals surface area contributed by atoms with Crippen LogP contribution in [0.3, 0.4) is 0 Å². The van der Waals surface area contributed by atoms with Crippen LogP contribution in [0.5, 0.6) is 5.75 Å². The fourth-order valence-electron chi connectivity index (χ4n) is 3.68. The van der Waals surface area contributed by atoms with Crippen LogP contribution in [-0.2, 0) is 11.2 Å². The van der Waals surface area contributed by atoms with Crippen LogP contribution < -0.4 is 4.74 Å². The summed E-state index contributed by atoms with van der Waals surface area (Å²) in [5.41, 5.74) is 2.04. The molecule has 1 heterocycles. The fourth-order valence-corrected chi connectivity index (χ4v) is 3.68. The van der Waals surface area contributed by atoms with E-state index in [1.165, 1.54) is 50.5 Å². The number of ether oxygens (including phenoxy) is 1. The molecule has 0 aliphatic rings. The lowest BCUT2D eigenvalue weighted by atomic mass is 9.87. The maximum atomic E-state index is 12.5. The maximum absolute atomic E-state index is 12.5. The predicted octanol–water partition coefficient (Wildman–Crippen LogP) is 7.67. The van der Waals surface area contributed by atoms with Gasteiger partial charge in [-0.15, -0.1) is 0 Å². The molecule has 0 fully saturated rings. The Morgan fingerprint density at radius 2 is 1.59 bits per heavy atom. The summed E-state index contributed by atoms with van der Waals surface area (Å²) in [5, 5.41) is 9.43. The Bertz CT molecular complexity index is 852. The molecule has 172 valence electrons. The first-order valence-electron chi connectivity index (χ1n) is 12.2. The van der Waals surface area contributed by atoms with Gasteiger partial charge in [0, 0.05) is 11.8 Å². The van der Waals surface area contributed by atoms with Crippen LogP contribution in [0.4, 0.5) is 0 Å². The summed E-state index contributed by atoms with van der Waals surface area (Å²) in [5.74, 6) is -0.0404. The summed E-state index contributed by atoms with van der Waals surface area (Å²) in [6.07, 6.45) is 14.5. The number of aromatic nitrogens is 1. The highest BCUT2D eigenvalue weighted by atomic mass is 16.5. The van der Waals surface area contributed by atoms with Crippen molar-refractivity contribution in [1.82, 2.24) is 4.98 Å². The van der Waals surface area contributed by atoms with Crippen LogP contribution in [0.2, 0.25) is 0 Å². The second-order valence-corrected chi connectivity index (χ2v) is 8.88. The van der Waals surface area contributed by atoms with E-state index in [4.69, 9.17) is 4.74 Å². The number of aryl methyl sites for hydroxylation is 1. The van der Waals surface area contributed by atoms with E-state index in [9.17, 15) is 10.1 Å². The predicted molar refractivity (Wildman–Crippen MR) is 130 cm³/mol. The molecule has 0 amide bonds. The third kappa shape index (κ3) is 8.11. The van der Waals surface area contributed by atoms with Gasteiger partial charge in [-0.1, -0.05) is 71.3 Å². The Labute approximate surface area is 194 Å². The number of carbonyl (C=O) groups is 1. The lowest BCUT2D eigenvalue weighted by Gasteiger charge is -2.19. The summed E-state index contributed by atoms with van der Waals surface area (Å²) in [4.78, 5) is 17.1. The quantitative estimate of drug-likeness (QED) is 0.174. The minimum absolute atomic E-state index is 0.451. The van der Waals surface area contributed by atoms with Gasteiger partial charge in [-0.2, -0.15) is 5.26 Å². The van der Waals surface area contributed by atoms with Crippen molar-refractivity contribution in [3.8, 4) is 23.1 Å². The molecule has 2 aromatic rings. The third-order valence-electron chi connectivity index (χ3n) is 5.98. The summed E-state index contributed by atoms with van der Waals surface area (Å²) < 4.78 is 5.48. The summed E-state index contributed by atoms with van der Waals surface area (Å²) >= 11 is 0. The highest BCUT2D eigenvalue weighted by molar-refractivity contribution is 5.81. The van der Waals surface area contributed by atoms with E-state index in [1.807, 2.05) is 25.3 Å². The molecular weight excluding hydrogens is 396 g/mol. The van der Waals surface area contributed by atoms with Crippen LogP contribution in [0, 0.1) is 16.7 Å². The molecule has 0 bridgehead atoms. The number of nitriles is 1. The first kappa shape index (κ1) is 25.6. The number of hydrogen-bond acceptors (Lipinski definition) is 4. The maximum Gasteiger partial charge on any atom is 0.331 e. The van der Waals surface area contributed by atoms with E-state index in [2.05, 4.69) is 30.1 Å². The lowest BCUT2D eigenvalue weighted by Crippen LogP contribution is -2.30. The van der Waals surface area contributed by atoms with Crippen molar-refractivity contribution in [2.45, 2.75) is 91.4 Å². The molecule has 0 N–H and O–H groups in total. The normalized spacial score (nSPS) is 12.7. The van der Waals surface area contributed by atoms with E-state index in [-0.39, 0.29) is 0 Å². The number of pyridine rings is 1. The van der Waals surface area contributed by atoms with Crippen molar-refractivity contribution in [3.63, 3.8) is 0 Å². The van der Waals surface area contributed by atoms with Gasteiger partial charge in [0.15, 0.2) is 5.41 Å². The topological polar surface area (TPSA) is 63.0 Å². The van der Waals surface area contributed by atoms with Gasteiger partial charge in [0.2, 0.25) is 0 Å². The van der Waals surface area contributed by atoms with Gasteiger partial charge < -0.3 is 4.74 Å². The average molecular weight is 435 g/mol. The lowest BCUT2D eigenvalue weighted by molar-refractivity contribution is -0.142. The molecule has 32 heavy (non-hydrogen) atoms. The van der Waals surface area contributed by atoms with Gasteiger partial charge in [0.05, 0.1) is 11.8 Å². The second kappa shape index (κ2) is 13.7. The van der Waals surface area contributed by atoms with Gasteiger partial charge in [-0.25, -0.2) is 4.79 Å². The largest absolute Gasteiger partial charge is 0.425 e. The number of rotatable bonds is 14. The molecule has 0 aliphatic heterocycles. The van der Waals surface area contributed by atoms with Gasteiger partial charge in [0.25, 0.3) is 0 Å². The van der Waals surface area contributed by atoms with Crippen LogP contribution in [0.15, 0.2) is 42.6 Å². The van der Waals surface area contributed by atoms with Crippen LogP contribution in [-0.4, -0.2) is 11.0 Å². The van der Waals surface area contributed by atoms with Gasteiger partial charge in [-0.05, 0) is 62.1 Å². The van der Waals surface area contributed by atoms with Crippen LogP contribution in [0.1, 0.15) is 90.5 Å².